The fourth-order valence-corrected chi connectivity index (χ4v) is 5.91. The molecule has 33 heavy (non-hydrogen) atoms. The third kappa shape index (κ3) is 7.51. The van der Waals surface area contributed by atoms with Gasteiger partial charge in [-0.05, 0) is 63.7 Å². The number of alkyl carbamates (subject to hydrolysis) is 1. The second kappa shape index (κ2) is 11.0. The second-order valence-corrected chi connectivity index (χ2v) is 11.2. The van der Waals surface area contributed by atoms with Crippen molar-refractivity contribution in [3.8, 4) is 0 Å². The summed E-state index contributed by atoms with van der Waals surface area (Å²) in [5.41, 5.74) is -0.272. The highest BCUT2D eigenvalue weighted by Crippen LogP contribution is 2.52. The maximum atomic E-state index is 12.6. The van der Waals surface area contributed by atoms with E-state index in [-0.39, 0.29) is 18.5 Å². The average Bonchev–Trinajstić information content (AvgIpc) is 2.76. The molecule has 0 aromatic rings. The summed E-state index contributed by atoms with van der Waals surface area (Å²) in [6, 6.07) is 0. The fraction of sp³-hybridized carbons (Fsp3) is 0.880. The summed E-state index contributed by atoms with van der Waals surface area (Å²) in [5.74, 6) is 1.55. The van der Waals surface area contributed by atoms with Crippen LogP contribution in [0.5, 0.6) is 0 Å². The molecule has 3 rings (SSSR count). The van der Waals surface area contributed by atoms with Gasteiger partial charge in [0.1, 0.15) is 12.1 Å². The Morgan fingerprint density at radius 2 is 1.61 bits per heavy atom. The van der Waals surface area contributed by atoms with Gasteiger partial charge in [0, 0.05) is 26.2 Å². The summed E-state index contributed by atoms with van der Waals surface area (Å²) >= 11 is 0. The largest absolute Gasteiger partial charge is 0.449 e. The number of ether oxygens (including phenoxy) is 2. The summed E-state index contributed by atoms with van der Waals surface area (Å²) in [6.45, 7) is 9.74. The lowest BCUT2D eigenvalue weighted by Gasteiger charge is -2.47. The minimum atomic E-state index is -0.607. The number of piperazine rings is 1. The van der Waals surface area contributed by atoms with E-state index in [2.05, 4.69) is 12.2 Å². The second-order valence-electron chi connectivity index (χ2n) is 11.2. The molecule has 1 heterocycles. The van der Waals surface area contributed by atoms with Crippen LogP contribution in [0.2, 0.25) is 0 Å². The molecule has 8 heteroatoms. The van der Waals surface area contributed by atoms with Crippen LogP contribution in [-0.4, -0.2) is 72.8 Å². The Bertz CT molecular complexity index is 685. The number of carbonyl (C=O) groups is 3. The number of rotatable bonds is 6. The first kappa shape index (κ1) is 25.6. The first-order chi connectivity index (χ1) is 15.6. The molecular formula is C25H43N3O5. The van der Waals surface area contributed by atoms with Crippen molar-refractivity contribution in [3.63, 3.8) is 0 Å². The number of hydrogen-bond acceptors (Lipinski definition) is 5. The zero-order valence-electron chi connectivity index (χ0n) is 21.0. The highest BCUT2D eigenvalue weighted by Gasteiger charge is 2.41. The van der Waals surface area contributed by atoms with E-state index >= 15 is 0 Å². The predicted octanol–water partition coefficient (Wildman–Crippen LogP) is 4.18. The van der Waals surface area contributed by atoms with Crippen molar-refractivity contribution in [2.24, 2.45) is 17.3 Å². The van der Waals surface area contributed by atoms with Gasteiger partial charge in [0.05, 0.1) is 6.61 Å². The van der Waals surface area contributed by atoms with Gasteiger partial charge < -0.3 is 24.6 Å². The Labute approximate surface area is 198 Å². The molecule has 2 unspecified atom stereocenters. The SMILES string of the molecule is CCC1(CCOC(=O)N2CCN(C(=O)CNC(=O)OC(C)(C)C)CC2)CC2CCCC(C2)C1. The molecule has 2 bridgehead atoms. The van der Waals surface area contributed by atoms with Crippen molar-refractivity contribution in [3.05, 3.63) is 0 Å². The van der Waals surface area contributed by atoms with Crippen molar-refractivity contribution in [2.75, 3.05) is 39.3 Å². The first-order valence-electron chi connectivity index (χ1n) is 12.8. The lowest BCUT2D eigenvalue weighted by Crippen LogP contribution is -2.53. The van der Waals surface area contributed by atoms with E-state index in [4.69, 9.17) is 9.47 Å². The summed E-state index contributed by atoms with van der Waals surface area (Å²) in [4.78, 5) is 40.0. The van der Waals surface area contributed by atoms with Crippen molar-refractivity contribution in [1.29, 1.82) is 0 Å². The first-order valence-corrected chi connectivity index (χ1v) is 12.8. The van der Waals surface area contributed by atoms with Crippen molar-refractivity contribution >= 4 is 18.1 Å². The molecule has 3 fully saturated rings. The molecule has 3 aliphatic rings. The summed E-state index contributed by atoms with van der Waals surface area (Å²) in [7, 11) is 0. The quantitative estimate of drug-likeness (QED) is 0.636. The Kier molecular flexibility index (Phi) is 8.51. The van der Waals surface area contributed by atoms with E-state index in [1.807, 2.05) is 0 Å². The third-order valence-electron chi connectivity index (χ3n) is 7.62. The van der Waals surface area contributed by atoms with Crippen molar-refractivity contribution < 1.29 is 23.9 Å². The van der Waals surface area contributed by atoms with Crippen LogP contribution >= 0.6 is 0 Å². The van der Waals surface area contributed by atoms with E-state index in [1.54, 1.807) is 30.6 Å². The number of fused-ring (bicyclic) bond motifs is 2. The lowest BCUT2D eigenvalue weighted by molar-refractivity contribution is -0.131. The highest BCUT2D eigenvalue weighted by molar-refractivity contribution is 5.82. The molecule has 188 valence electrons. The molecule has 2 atom stereocenters. The predicted molar refractivity (Wildman–Crippen MR) is 126 cm³/mol. The molecule has 8 nitrogen and oxygen atoms in total. The van der Waals surface area contributed by atoms with Crippen LogP contribution in [0, 0.1) is 17.3 Å². The summed E-state index contributed by atoms with van der Waals surface area (Å²) < 4.78 is 10.8. The van der Waals surface area contributed by atoms with E-state index in [1.165, 1.54) is 38.5 Å². The molecule has 0 aromatic carbocycles. The van der Waals surface area contributed by atoms with Crippen LogP contribution in [0.1, 0.15) is 79.1 Å². The minimum Gasteiger partial charge on any atom is -0.449 e. The van der Waals surface area contributed by atoms with Crippen molar-refractivity contribution in [1.82, 2.24) is 15.1 Å². The minimum absolute atomic E-state index is 0.111. The lowest BCUT2D eigenvalue weighted by atomic mass is 9.59. The Hall–Kier alpha value is -1.99. The molecular weight excluding hydrogens is 422 g/mol. The molecule has 0 radical (unpaired) electrons. The van der Waals surface area contributed by atoms with E-state index in [9.17, 15) is 14.4 Å². The average molecular weight is 466 g/mol. The Balaban J connectivity index is 1.35. The maximum Gasteiger partial charge on any atom is 0.409 e. The van der Waals surface area contributed by atoms with Gasteiger partial charge in [0.2, 0.25) is 5.91 Å². The molecule has 1 aliphatic heterocycles. The van der Waals surface area contributed by atoms with Crippen LogP contribution in [0.4, 0.5) is 9.59 Å². The standard InChI is InChI=1S/C25H43N3O5/c1-5-25(16-19-7-6-8-20(15-19)17-25)9-14-32-23(31)28-12-10-27(11-13-28)21(29)18-26-22(30)33-24(2,3)4/h19-20H,5-18H2,1-4H3,(H,26,30). The van der Waals surface area contributed by atoms with Crippen molar-refractivity contribution in [2.45, 2.75) is 84.7 Å². The topological polar surface area (TPSA) is 88.2 Å². The van der Waals surface area contributed by atoms with E-state index in [0.29, 0.717) is 38.2 Å². The molecule has 2 saturated carbocycles. The Morgan fingerprint density at radius 1 is 1.00 bits per heavy atom. The van der Waals surface area contributed by atoms with Gasteiger partial charge in [-0.3, -0.25) is 4.79 Å². The Morgan fingerprint density at radius 3 is 2.18 bits per heavy atom. The molecule has 1 N–H and O–H groups in total. The maximum absolute atomic E-state index is 12.6. The van der Waals surface area contributed by atoms with Crippen LogP contribution in [-0.2, 0) is 14.3 Å². The highest BCUT2D eigenvalue weighted by atomic mass is 16.6. The molecule has 1 saturated heterocycles. The van der Waals surface area contributed by atoms with Gasteiger partial charge in [0.15, 0.2) is 0 Å². The van der Waals surface area contributed by atoms with Gasteiger partial charge in [-0.15, -0.1) is 0 Å². The number of nitrogens with one attached hydrogen (secondary N) is 1. The third-order valence-corrected chi connectivity index (χ3v) is 7.62. The van der Waals surface area contributed by atoms with Gasteiger partial charge >= 0.3 is 12.2 Å². The smallest absolute Gasteiger partial charge is 0.409 e. The van der Waals surface area contributed by atoms with Crippen LogP contribution in [0.25, 0.3) is 0 Å². The van der Waals surface area contributed by atoms with Crippen LogP contribution < -0.4 is 5.32 Å². The number of nitrogens with zero attached hydrogens (tertiary/aromatic N) is 2. The molecule has 0 spiro atoms. The normalized spacial score (nSPS) is 27.6. The zero-order chi connectivity index (χ0) is 24.1. The van der Waals surface area contributed by atoms with Crippen LogP contribution in [0.3, 0.4) is 0 Å². The number of amides is 3. The summed E-state index contributed by atoms with van der Waals surface area (Å²) in [5, 5.41) is 2.50. The fourth-order valence-electron chi connectivity index (χ4n) is 5.91. The van der Waals surface area contributed by atoms with E-state index in [0.717, 1.165) is 24.7 Å². The summed E-state index contributed by atoms with van der Waals surface area (Å²) in [6.07, 6.45) is 9.33. The monoisotopic (exact) mass is 465 g/mol. The molecule has 3 amide bonds. The van der Waals surface area contributed by atoms with Gasteiger partial charge in [-0.25, -0.2) is 9.59 Å². The number of carbonyl (C=O) groups excluding carboxylic acids is 3. The molecule has 0 aromatic heterocycles. The molecule has 2 aliphatic carbocycles. The van der Waals surface area contributed by atoms with Crippen LogP contribution in [0.15, 0.2) is 0 Å². The number of hydrogen-bond donors (Lipinski definition) is 1. The van der Waals surface area contributed by atoms with Gasteiger partial charge in [-0.1, -0.05) is 32.6 Å². The zero-order valence-corrected chi connectivity index (χ0v) is 21.0. The van der Waals surface area contributed by atoms with Gasteiger partial charge in [-0.2, -0.15) is 0 Å². The van der Waals surface area contributed by atoms with Gasteiger partial charge in [0.25, 0.3) is 0 Å². The van der Waals surface area contributed by atoms with E-state index < -0.39 is 11.7 Å².